The first kappa shape index (κ1) is 20.4. The molecule has 5 rings (SSSR count). The molecule has 2 aliphatic heterocycles. The molecule has 2 fully saturated rings. The number of nitrogens with one attached hydrogen (secondary N) is 1. The maximum absolute atomic E-state index is 12.2. The number of fused-ring (bicyclic) bond motifs is 1. The Kier molecular flexibility index (Phi) is 5.89. The Labute approximate surface area is 184 Å². The molecule has 5 heterocycles. The number of thiophene rings is 1. The summed E-state index contributed by atoms with van der Waals surface area (Å²) in [6.45, 7) is 6.04. The number of aromatic nitrogens is 3. The number of rotatable bonds is 6. The molecule has 0 saturated carbocycles. The first-order valence-electron chi connectivity index (χ1n) is 11.0. The highest BCUT2D eigenvalue weighted by molar-refractivity contribution is 7.22. The number of piperidine rings is 1. The van der Waals surface area contributed by atoms with Crippen molar-refractivity contribution in [2.24, 2.45) is 0 Å². The molecule has 31 heavy (non-hydrogen) atoms. The van der Waals surface area contributed by atoms with Gasteiger partial charge in [0.05, 0.1) is 28.6 Å². The molecule has 1 atom stereocenters. The zero-order chi connectivity index (χ0) is 21.2. The summed E-state index contributed by atoms with van der Waals surface area (Å²) in [5, 5.41) is 0.740. The van der Waals surface area contributed by atoms with E-state index >= 15 is 0 Å². The van der Waals surface area contributed by atoms with Crippen molar-refractivity contribution in [1.29, 1.82) is 0 Å². The average Bonchev–Trinajstić information content (AvgIpc) is 3.41. The summed E-state index contributed by atoms with van der Waals surface area (Å²) in [6.07, 6.45) is 8.56. The van der Waals surface area contributed by atoms with E-state index in [1.54, 1.807) is 0 Å². The quantitative estimate of drug-likeness (QED) is 0.632. The van der Waals surface area contributed by atoms with Gasteiger partial charge in [-0.25, -0.2) is 4.79 Å². The first-order valence-corrected chi connectivity index (χ1v) is 11.8. The van der Waals surface area contributed by atoms with E-state index in [0.717, 1.165) is 53.6 Å². The molecule has 0 aliphatic carbocycles. The van der Waals surface area contributed by atoms with Crippen molar-refractivity contribution in [3.05, 3.63) is 51.4 Å². The monoisotopic (exact) mass is 441 g/mol. The Hall–Kier alpha value is -2.49. The predicted octanol–water partition coefficient (Wildman–Crippen LogP) is 2.22. The van der Waals surface area contributed by atoms with Crippen molar-refractivity contribution in [3.8, 4) is 5.00 Å². The van der Waals surface area contributed by atoms with Crippen LogP contribution in [-0.2, 0) is 4.74 Å². The minimum atomic E-state index is -0.441. The smallest absolute Gasteiger partial charge is 0.333 e. The van der Waals surface area contributed by atoms with E-state index in [9.17, 15) is 9.59 Å². The molecule has 0 spiro atoms. The standard InChI is InChI=1S/C22H27N5O3S/c28-19-6-11-27(22(29)24-19)20-14-17-21(31-20)18(4-7-23-17)26-10-5-16(15-26)30-13-12-25-8-2-1-3-9-25/h4,6-7,11,14,16H,1-3,5,8-10,12-13,15H2,(H,24,28,29). The zero-order valence-electron chi connectivity index (χ0n) is 17.5. The van der Waals surface area contributed by atoms with Crippen LogP contribution < -0.4 is 16.1 Å². The summed E-state index contributed by atoms with van der Waals surface area (Å²) < 4.78 is 8.69. The highest BCUT2D eigenvalue weighted by Crippen LogP contribution is 2.35. The lowest BCUT2D eigenvalue weighted by atomic mass is 10.1. The summed E-state index contributed by atoms with van der Waals surface area (Å²) in [5.74, 6) is 0. The molecule has 8 nitrogen and oxygen atoms in total. The summed E-state index contributed by atoms with van der Waals surface area (Å²) in [5.41, 5.74) is 1.14. The van der Waals surface area contributed by atoms with Crippen molar-refractivity contribution in [2.75, 3.05) is 44.2 Å². The van der Waals surface area contributed by atoms with Gasteiger partial charge in [-0.05, 0) is 44.5 Å². The third-order valence-electron chi connectivity index (χ3n) is 6.13. The van der Waals surface area contributed by atoms with Gasteiger partial charge in [0.1, 0.15) is 5.00 Å². The van der Waals surface area contributed by atoms with Gasteiger partial charge in [-0.2, -0.15) is 0 Å². The molecule has 0 aromatic carbocycles. The predicted molar refractivity (Wildman–Crippen MR) is 123 cm³/mol. The lowest BCUT2D eigenvalue weighted by Crippen LogP contribution is -2.34. The first-order chi connectivity index (χ1) is 15.2. The van der Waals surface area contributed by atoms with Gasteiger partial charge in [-0.1, -0.05) is 6.42 Å². The molecule has 0 bridgehead atoms. The largest absolute Gasteiger partial charge is 0.375 e. The molecule has 0 radical (unpaired) electrons. The van der Waals surface area contributed by atoms with Crippen molar-refractivity contribution in [3.63, 3.8) is 0 Å². The van der Waals surface area contributed by atoms with Gasteiger partial charge in [0.2, 0.25) is 0 Å². The molecule has 1 N–H and O–H groups in total. The van der Waals surface area contributed by atoms with Crippen LogP contribution in [0.5, 0.6) is 0 Å². The highest BCUT2D eigenvalue weighted by atomic mass is 32.1. The number of hydrogen-bond acceptors (Lipinski definition) is 7. The van der Waals surface area contributed by atoms with Crippen molar-refractivity contribution in [2.45, 2.75) is 31.8 Å². The van der Waals surface area contributed by atoms with Crippen LogP contribution in [-0.4, -0.2) is 64.9 Å². The second kappa shape index (κ2) is 8.94. The lowest BCUT2D eigenvalue weighted by Gasteiger charge is -2.26. The molecular weight excluding hydrogens is 414 g/mol. The zero-order valence-corrected chi connectivity index (χ0v) is 18.3. The maximum Gasteiger partial charge on any atom is 0.333 e. The molecule has 3 aromatic rings. The number of pyridine rings is 1. The van der Waals surface area contributed by atoms with Gasteiger partial charge in [-0.3, -0.25) is 19.3 Å². The third-order valence-corrected chi connectivity index (χ3v) is 7.28. The number of hydrogen-bond donors (Lipinski definition) is 1. The Bertz CT molecular complexity index is 1160. The van der Waals surface area contributed by atoms with Crippen LogP contribution in [0, 0.1) is 0 Å². The number of anilines is 1. The molecule has 164 valence electrons. The third kappa shape index (κ3) is 4.44. The van der Waals surface area contributed by atoms with E-state index < -0.39 is 11.2 Å². The van der Waals surface area contributed by atoms with Crippen molar-refractivity contribution >= 4 is 27.2 Å². The molecular formula is C22H27N5O3S. The fraction of sp³-hybridized carbons (Fsp3) is 0.500. The highest BCUT2D eigenvalue weighted by Gasteiger charge is 2.25. The van der Waals surface area contributed by atoms with Gasteiger partial charge in [0.15, 0.2) is 0 Å². The van der Waals surface area contributed by atoms with Gasteiger partial charge in [0.25, 0.3) is 5.56 Å². The van der Waals surface area contributed by atoms with E-state index in [-0.39, 0.29) is 6.10 Å². The lowest BCUT2D eigenvalue weighted by molar-refractivity contribution is 0.0467. The van der Waals surface area contributed by atoms with Crippen LogP contribution in [0.4, 0.5) is 5.69 Å². The van der Waals surface area contributed by atoms with Gasteiger partial charge in [-0.15, -0.1) is 11.3 Å². The second-order valence-electron chi connectivity index (χ2n) is 8.24. The van der Waals surface area contributed by atoms with E-state index in [4.69, 9.17) is 4.74 Å². The summed E-state index contributed by atoms with van der Waals surface area (Å²) in [7, 11) is 0. The van der Waals surface area contributed by atoms with Gasteiger partial charge in [0, 0.05) is 38.1 Å². The molecule has 1 unspecified atom stereocenters. The van der Waals surface area contributed by atoms with Crippen LogP contribution >= 0.6 is 11.3 Å². The Morgan fingerprint density at radius 2 is 2.03 bits per heavy atom. The molecule has 3 aromatic heterocycles. The van der Waals surface area contributed by atoms with E-state index in [0.29, 0.717) is 0 Å². The second-order valence-corrected chi connectivity index (χ2v) is 9.27. The average molecular weight is 442 g/mol. The SMILES string of the molecule is O=c1ccn(-c2cc3nccc(N4CCC(OCCN5CCCCC5)C4)c3s2)c(=O)[nH]1. The topological polar surface area (TPSA) is 83.5 Å². The maximum atomic E-state index is 12.2. The Morgan fingerprint density at radius 3 is 2.87 bits per heavy atom. The van der Waals surface area contributed by atoms with Crippen molar-refractivity contribution in [1.82, 2.24) is 19.4 Å². The Morgan fingerprint density at radius 1 is 1.16 bits per heavy atom. The number of ether oxygens (including phenoxy) is 1. The molecule has 2 aliphatic rings. The van der Waals surface area contributed by atoms with Crippen LogP contribution in [0.25, 0.3) is 15.2 Å². The molecule has 2 saturated heterocycles. The number of H-pyrrole nitrogens is 1. The minimum absolute atomic E-state index is 0.245. The van der Waals surface area contributed by atoms with E-state index in [1.807, 2.05) is 18.3 Å². The summed E-state index contributed by atoms with van der Waals surface area (Å²) in [6, 6.07) is 5.28. The summed E-state index contributed by atoms with van der Waals surface area (Å²) in [4.78, 5) is 35.2. The summed E-state index contributed by atoms with van der Waals surface area (Å²) >= 11 is 1.51. The fourth-order valence-electron chi connectivity index (χ4n) is 4.49. The van der Waals surface area contributed by atoms with Crippen LogP contribution in [0.15, 0.2) is 40.2 Å². The fourth-order valence-corrected chi connectivity index (χ4v) is 5.62. The normalized spacial score (nSPS) is 20.0. The number of nitrogens with zero attached hydrogens (tertiary/aromatic N) is 4. The number of likely N-dealkylation sites (tertiary alicyclic amines) is 1. The van der Waals surface area contributed by atoms with Gasteiger partial charge < -0.3 is 14.5 Å². The van der Waals surface area contributed by atoms with E-state index in [1.165, 1.54) is 60.5 Å². The minimum Gasteiger partial charge on any atom is -0.375 e. The van der Waals surface area contributed by atoms with Crippen molar-refractivity contribution < 1.29 is 4.74 Å². The van der Waals surface area contributed by atoms with E-state index in [2.05, 4.69) is 19.8 Å². The Balaban J connectivity index is 1.28. The van der Waals surface area contributed by atoms with Crippen LogP contribution in [0.2, 0.25) is 0 Å². The molecule has 9 heteroatoms. The molecule has 0 amide bonds. The van der Waals surface area contributed by atoms with Gasteiger partial charge >= 0.3 is 5.69 Å². The van der Waals surface area contributed by atoms with Crippen LogP contribution in [0.3, 0.4) is 0 Å². The number of aromatic amines is 1. The van der Waals surface area contributed by atoms with Crippen LogP contribution in [0.1, 0.15) is 25.7 Å².